The number of thiazole rings is 1. The Labute approximate surface area is 113 Å². The zero-order valence-corrected chi connectivity index (χ0v) is 11.5. The van der Waals surface area contributed by atoms with Crippen molar-refractivity contribution >= 4 is 38.0 Å². The van der Waals surface area contributed by atoms with E-state index in [1.165, 1.54) is 5.56 Å². The minimum Gasteiger partial charge on any atom is -0.497 e. The maximum Gasteiger partial charge on any atom is 0.184 e. The quantitative estimate of drug-likeness (QED) is 0.782. The van der Waals surface area contributed by atoms with Crippen LogP contribution in [0.15, 0.2) is 35.0 Å². The van der Waals surface area contributed by atoms with Crippen LogP contribution in [0.3, 0.4) is 0 Å². The number of nitrogens with one attached hydrogen (secondary N) is 1. The van der Waals surface area contributed by atoms with Crippen molar-refractivity contribution in [2.45, 2.75) is 6.54 Å². The molecule has 0 saturated heterocycles. The van der Waals surface area contributed by atoms with Gasteiger partial charge in [-0.3, -0.25) is 0 Å². The zero-order chi connectivity index (χ0) is 12.4. The van der Waals surface area contributed by atoms with Gasteiger partial charge in [0.1, 0.15) is 5.75 Å². The summed E-state index contributed by atoms with van der Waals surface area (Å²) >= 11 is 3.36. The smallest absolute Gasteiger partial charge is 0.184 e. The van der Waals surface area contributed by atoms with Gasteiger partial charge in [0.25, 0.3) is 0 Å². The molecule has 3 nitrogen and oxygen atoms in total. The maximum absolute atomic E-state index is 5.21. The Bertz CT molecular complexity index is 646. The summed E-state index contributed by atoms with van der Waals surface area (Å²) in [6.45, 7) is 0.820. The van der Waals surface area contributed by atoms with E-state index in [2.05, 4.69) is 27.1 Å². The number of fused-ring (bicyclic) bond motifs is 1. The van der Waals surface area contributed by atoms with E-state index < -0.39 is 0 Å². The summed E-state index contributed by atoms with van der Waals surface area (Å²) in [7, 11) is 1.68. The third-order valence-corrected chi connectivity index (χ3v) is 4.33. The zero-order valence-electron chi connectivity index (χ0n) is 9.84. The lowest BCUT2D eigenvalue weighted by atomic mass is 10.3. The summed E-state index contributed by atoms with van der Waals surface area (Å²) in [6.07, 6.45) is 0. The summed E-state index contributed by atoms with van der Waals surface area (Å²) in [6, 6.07) is 8.06. The topological polar surface area (TPSA) is 34.1 Å². The molecule has 0 aliphatic carbocycles. The molecular formula is C13H12N2OS2. The summed E-state index contributed by atoms with van der Waals surface area (Å²) in [5.41, 5.74) is 2.30. The third-order valence-electron chi connectivity index (χ3n) is 2.62. The highest BCUT2D eigenvalue weighted by atomic mass is 32.1. The molecule has 3 rings (SSSR count). The van der Waals surface area contributed by atoms with Crippen LogP contribution in [0.1, 0.15) is 5.56 Å². The molecule has 5 heteroatoms. The first-order valence-electron chi connectivity index (χ1n) is 5.55. The second-order valence-corrected chi connectivity index (χ2v) is 5.65. The van der Waals surface area contributed by atoms with Crippen molar-refractivity contribution in [1.29, 1.82) is 0 Å². The van der Waals surface area contributed by atoms with Crippen LogP contribution in [-0.2, 0) is 6.54 Å². The van der Waals surface area contributed by atoms with Gasteiger partial charge < -0.3 is 10.1 Å². The largest absolute Gasteiger partial charge is 0.497 e. The van der Waals surface area contributed by atoms with E-state index in [1.54, 1.807) is 29.8 Å². The molecule has 2 heterocycles. The molecule has 92 valence electrons. The monoisotopic (exact) mass is 276 g/mol. The van der Waals surface area contributed by atoms with Crippen molar-refractivity contribution in [2.24, 2.45) is 0 Å². The van der Waals surface area contributed by atoms with Gasteiger partial charge in [-0.2, -0.15) is 11.3 Å². The molecule has 0 atom stereocenters. The highest BCUT2D eigenvalue weighted by Crippen LogP contribution is 2.29. The summed E-state index contributed by atoms with van der Waals surface area (Å²) in [4.78, 5) is 4.54. The predicted molar refractivity (Wildman–Crippen MR) is 77.8 cm³/mol. The molecule has 0 unspecified atom stereocenters. The second kappa shape index (κ2) is 4.96. The molecule has 0 radical (unpaired) electrons. The van der Waals surface area contributed by atoms with Crippen LogP contribution >= 0.6 is 22.7 Å². The average molecular weight is 276 g/mol. The minimum absolute atomic E-state index is 0.820. The van der Waals surface area contributed by atoms with Crippen molar-refractivity contribution in [3.8, 4) is 5.75 Å². The van der Waals surface area contributed by atoms with E-state index >= 15 is 0 Å². The molecule has 1 aromatic carbocycles. The Morgan fingerprint density at radius 3 is 3.06 bits per heavy atom. The van der Waals surface area contributed by atoms with E-state index in [0.29, 0.717) is 0 Å². The second-order valence-electron chi connectivity index (χ2n) is 3.84. The van der Waals surface area contributed by atoms with Crippen LogP contribution < -0.4 is 10.1 Å². The number of hydrogen-bond acceptors (Lipinski definition) is 5. The molecule has 0 amide bonds. The molecular weight excluding hydrogens is 264 g/mol. The van der Waals surface area contributed by atoms with Crippen molar-refractivity contribution in [3.05, 3.63) is 40.6 Å². The van der Waals surface area contributed by atoms with Gasteiger partial charge in [-0.05, 0) is 40.6 Å². The average Bonchev–Trinajstić information content (AvgIpc) is 3.04. The SMILES string of the molecule is COc1ccc2nc(NCc3ccsc3)sc2c1. The first-order valence-corrected chi connectivity index (χ1v) is 7.30. The fraction of sp³-hybridized carbons (Fsp3) is 0.154. The molecule has 0 bridgehead atoms. The number of nitrogens with zero attached hydrogens (tertiary/aromatic N) is 1. The fourth-order valence-corrected chi connectivity index (χ4v) is 3.24. The van der Waals surface area contributed by atoms with Crippen molar-refractivity contribution < 1.29 is 4.74 Å². The van der Waals surface area contributed by atoms with Gasteiger partial charge in [-0.1, -0.05) is 11.3 Å². The standard InChI is InChI=1S/C13H12N2OS2/c1-16-10-2-3-11-12(6-10)18-13(15-11)14-7-9-4-5-17-8-9/h2-6,8H,7H2,1H3,(H,14,15). The van der Waals surface area contributed by atoms with Gasteiger partial charge in [0, 0.05) is 6.54 Å². The summed E-state index contributed by atoms with van der Waals surface area (Å²) in [5.74, 6) is 0.871. The van der Waals surface area contributed by atoms with Crippen LogP contribution in [0, 0.1) is 0 Å². The molecule has 0 saturated carbocycles. The lowest BCUT2D eigenvalue weighted by Gasteiger charge is -1.98. The van der Waals surface area contributed by atoms with Gasteiger partial charge in [0.2, 0.25) is 0 Å². The number of ether oxygens (including phenoxy) is 1. The summed E-state index contributed by atoms with van der Waals surface area (Å²) in [5, 5.41) is 8.52. The fourth-order valence-electron chi connectivity index (χ4n) is 1.68. The Morgan fingerprint density at radius 2 is 2.28 bits per heavy atom. The molecule has 0 aliphatic heterocycles. The van der Waals surface area contributed by atoms with Gasteiger partial charge in [0.05, 0.1) is 17.3 Å². The van der Waals surface area contributed by atoms with Crippen LogP contribution in [-0.4, -0.2) is 12.1 Å². The Hall–Kier alpha value is -1.59. The Balaban J connectivity index is 1.80. The normalized spacial score (nSPS) is 10.7. The highest BCUT2D eigenvalue weighted by molar-refractivity contribution is 7.22. The molecule has 2 aromatic heterocycles. The predicted octanol–water partition coefficient (Wildman–Crippen LogP) is 3.98. The van der Waals surface area contributed by atoms with Gasteiger partial charge >= 0.3 is 0 Å². The highest BCUT2D eigenvalue weighted by Gasteiger charge is 2.04. The number of thiophene rings is 1. The van der Waals surface area contributed by atoms with Crippen LogP contribution in [0.5, 0.6) is 5.75 Å². The number of benzene rings is 1. The van der Waals surface area contributed by atoms with Crippen LogP contribution in [0.2, 0.25) is 0 Å². The van der Waals surface area contributed by atoms with E-state index in [4.69, 9.17) is 4.74 Å². The number of anilines is 1. The molecule has 1 N–H and O–H groups in total. The summed E-state index contributed by atoms with van der Waals surface area (Å²) < 4.78 is 6.35. The van der Waals surface area contributed by atoms with Crippen LogP contribution in [0.4, 0.5) is 5.13 Å². The van der Waals surface area contributed by atoms with E-state index in [9.17, 15) is 0 Å². The van der Waals surface area contributed by atoms with Gasteiger partial charge in [-0.15, -0.1) is 0 Å². The van der Waals surface area contributed by atoms with Gasteiger partial charge in [0.15, 0.2) is 5.13 Å². The third kappa shape index (κ3) is 2.32. The molecule has 3 aromatic rings. The van der Waals surface area contributed by atoms with Crippen LogP contribution in [0.25, 0.3) is 10.2 Å². The maximum atomic E-state index is 5.21. The van der Waals surface area contributed by atoms with E-state index in [0.717, 1.165) is 27.6 Å². The number of hydrogen-bond donors (Lipinski definition) is 1. The Kier molecular flexibility index (Phi) is 3.17. The van der Waals surface area contributed by atoms with Crippen molar-refractivity contribution in [2.75, 3.05) is 12.4 Å². The first-order chi connectivity index (χ1) is 8.85. The number of rotatable bonds is 4. The lowest BCUT2D eigenvalue weighted by Crippen LogP contribution is -1.96. The number of aromatic nitrogens is 1. The lowest BCUT2D eigenvalue weighted by molar-refractivity contribution is 0.415. The molecule has 0 fully saturated rings. The Morgan fingerprint density at radius 1 is 1.33 bits per heavy atom. The molecule has 0 aliphatic rings. The molecule has 0 spiro atoms. The molecule has 18 heavy (non-hydrogen) atoms. The van der Waals surface area contributed by atoms with E-state index in [-0.39, 0.29) is 0 Å². The van der Waals surface area contributed by atoms with Crippen molar-refractivity contribution in [3.63, 3.8) is 0 Å². The number of methoxy groups -OCH3 is 1. The van der Waals surface area contributed by atoms with Gasteiger partial charge in [-0.25, -0.2) is 4.98 Å². The van der Waals surface area contributed by atoms with Crippen molar-refractivity contribution in [1.82, 2.24) is 4.98 Å². The van der Waals surface area contributed by atoms with E-state index in [1.807, 2.05) is 18.2 Å². The first kappa shape index (κ1) is 11.5. The minimum atomic E-state index is 0.820.